The van der Waals surface area contributed by atoms with Gasteiger partial charge in [-0.25, -0.2) is 0 Å². The van der Waals surface area contributed by atoms with Crippen LogP contribution in [0.25, 0.3) is 0 Å². The van der Waals surface area contributed by atoms with E-state index in [1.165, 1.54) is 89.9 Å². The average Bonchev–Trinajstić information content (AvgIpc) is 2.78. The van der Waals surface area contributed by atoms with E-state index in [-0.39, 0.29) is 31.2 Å². The Kier molecular flexibility index (Phi) is 25.4. The maximum absolute atomic E-state index is 9.08. The minimum atomic E-state index is -2.65. The third kappa shape index (κ3) is 21.6. The Bertz CT molecular complexity index is 420. The second-order valence-electron chi connectivity index (χ2n) is 10.6. The standard InChI is InChI=1S/C27H59NO4Si.ClH/c1-6-7-8-9-10-11-12-13-14-15-16-17-18-20-26(25-27(2,3)28)21-19-24-33(30-4,31-5)32-23-22-29;/h26,29H,6-25,28H2,1-5H3;1H. The summed E-state index contributed by atoms with van der Waals surface area (Å²) in [6.45, 7) is 6.82. The van der Waals surface area contributed by atoms with E-state index in [9.17, 15) is 0 Å². The van der Waals surface area contributed by atoms with Gasteiger partial charge in [-0.15, -0.1) is 12.4 Å². The molecule has 3 N–H and O–H groups in total. The lowest BCUT2D eigenvalue weighted by Gasteiger charge is -2.29. The molecule has 0 spiro atoms. The molecule has 0 aromatic carbocycles. The molecule has 0 fully saturated rings. The Morgan fingerprint density at radius 2 is 1.21 bits per heavy atom. The summed E-state index contributed by atoms with van der Waals surface area (Å²) in [5, 5.41) is 9.08. The van der Waals surface area contributed by atoms with Gasteiger partial charge in [-0.2, -0.15) is 0 Å². The van der Waals surface area contributed by atoms with Gasteiger partial charge >= 0.3 is 8.80 Å². The van der Waals surface area contributed by atoms with Gasteiger partial charge in [0, 0.05) is 25.8 Å². The Hall–Kier alpha value is 0.307. The highest BCUT2D eigenvalue weighted by Gasteiger charge is 2.38. The van der Waals surface area contributed by atoms with Crippen molar-refractivity contribution < 1.29 is 18.4 Å². The van der Waals surface area contributed by atoms with Crippen LogP contribution in [0.15, 0.2) is 0 Å². The number of aliphatic hydroxyl groups is 1. The van der Waals surface area contributed by atoms with E-state index in [1.54, 1.807) is 14.2 Å². The van der Waals surface area contributed by atoms with Crippen LogP contribution in [0.4, 0.5) is 0 Å². The highest BCUT2D eigenvalue weighted by Crippen LogP contribution is 2.28. The van der Waals surface area contributed by atoms with Gasteiger partial charge in [-0.05, 0) is 32.6 Å². The van der Waals surface area contributed by atoms with Gasteiger partial charge in [0.15, 0.2) is 0 Å². The van der Waals surface area contributed by atoms with Crippen LogP contribution in [0.3, 0.4) is 0 Å². The molecule has 0 amide bonds. The highest BCUT2D eigenvalue weighted by atomic mass is 35.5. The van der Waals surface area contributed by atoms with E-state index >= 15 is 0 Å². The molecular formula is C27H60ClNO4Si. The number of nitrogens with two attached hydrogens (primary N) is 1. The molecule has 208 valence electrons. The van der Waals surface area contributed by atoms with E-state index in [2.05, 4.69) is 20.8 Å². The number of unbranched alkanes of at least 4 members (excludes halogenated alkanes) is 12. The molecule has 0 aliphatic heterocycles. The SMILES string of the molecule is CCCCCCCCCCCCCCCC(CCC[Si](OC)(OC)OCCO)CC(C)(C)N.Cl. The summed E-state index contributed by atoms with van der Waals surface area (Å²) >= 11 is 0. The van der Waals surface area contributed by atoms with Crippen LogP contribution in [-0.4, -0.2) is 46.9 Å². The molecular weight excluding hydrogens is 466 g/mol. The lowest BCUT2D eigenvalue weighted by Crippen LogP contribution is -2.44. The fourth-order valence-corrected chi connectivity index (χ4v) is 6.82. The Balaban J connectivity index is 0. The van der Waals surface area contributed by atoms with Crippen LogP contribution in [0.2, 0.25) is 6.04 Å². The van der Waals surface area contributed by atoms with Crippen molar-refractivity contribution in [3.63, 3.8) is 0 Å². The first-order chi connectivity index (χ1) is 15.8. The fourth-order valence-electron chi connectivity index (χ4n) is 4.83. The van der Waals surface area contributed by atoms with Crippen LogP contribution in [-0.2, 0) is 13.3 Å². The summed E-state index contributed by atoms with van der Waals surface area (Å²) in [5.41, 5.74) is 6.23. The summed E-state index contributed by atoms with van der Waals surface area (Å²) in [4.78, 5) is 0. The molecule has 0 saturated carbocycles. The molecule has 0 heterocycles. The second kappa shape index (κ2) is 23.7. The second-order valence-corrected chi connectivity index (χ2v) is 13.6. The third-order valence-corrected chi connectivity index (χ3v) is 9.52. The molecule has 0 aliphatic carbocycles. The minimum absolute atomic E-state index is 0. The van der Waals surface area contributed by atoms with Crippen molar-refractivity contribution >= 4 is 21.2 Å². The topological polar surface area (TPSA) is 73.9 Å². The van der Waals surface area contributed by atoms with Crippen molar-refractivity contribution in [3.8, 4) is 0 Å². The van der Waals surface area contributed by atoms with Crippen molar-refractivity contribution in [1.82, 2.24) is 0 Å². The van der Waals surface area contributed by atoms with Crippen LogP contribution in [0, 0.1) is 5.92 Å². The fraction of sp³-hybridized carbons (Fsp3) is 1.00. The monoisotopic (exact) mass is 525 g/mol. The summed E-state index contributed by atoms with van der Waals surface area (Å²) < 4.78 is 17.0. The van der Waals surface area contributed by atoms with Gasteiger partial charge < -0.3 is 24.1 Å². The number of aliphatic hydroxyl groups excluding tert-OH is 1. The predicted molar refractivity (Wildman–Crippen MR) is 151 cm³/mol. The van der Waals surface area contributed by atoms with E-state index in [4.69, 9.17) is 24.1 Å². The number of rotatable bonds is 25. The van der Waals surface area contributed by atoms with Crippen molar-refractivity contribution in [2.24, 2.45) is 11.7 Å². The molecule has 0 radical (unpaired) electrons. The molecule has 0 saturated heterocycles. The zero-order chi connectivity index (χ0) is 24.8. The molecule has 1 unspecified atom stereocenters. The summed E-state index contributed by atoms with van der Waals surface area (Å²) in [6.07, 6.45) is 22.6. The van der Waals surface area contributed by atoms with E-state index < -0.39 is 8.80 Å². The van der Waals surface area contributed by atoms with Gasteiger partial charge in [0.05, 0.1) is 13.2 Å². The lowest BCUT2D eigenvalue weighted by molar-refractivity contribution is 0.0776. The molecule has 7 heteroatoms. The highest BCUT2D eigenvalue weighted by molar-refractivity contribution is 6.60. The molecule has 34 heavy (non-hydrogen) atoms. The first-order valence-corrected chi connectivity index (χ1v) is 15.9. The number of hydrogen-bond acceptors (Lipinski definition) is 5. The Labute approximate surface area is 220 Å². The molecule has 0 aromatic heterocycles. The maximum Gasteiger partial charge on any atom is 0.500 e. The van der Waals surface area contributed by atoms with Gasteiger partial charge in [0.1, 0.15) is 0 Å². The van der Waals surface area contributed by atoms with Crippen molar-refractivity contribution in [3.05, 3.63) is 0 Å². The normalized spacial score (nSPS) is 13.1. The zero-order valence-corrected chi connectivity index (χ0v) is 25.2. The molecule has 1 atom stereocenters. The average molecular weight is 526 g/mol. The van der Waals surface area contributed by atoms with Crippen molar-refractivity contribution in [2.75, 3.05) is 27.4 Å². The van der Waals surface area contributed by atoms with E-state index in [0.29, 0.717) is 5.92 Å². The van der Waals surface area contributed by atoms with Crippen molar-refractivity contribution in [2.45, 2.75) is 142 Å². The van der Waals surface area contributed by atoms with Crippen LogP contribution in [0.1, 0.15) is 130 Å². The summed E-state index contributed by atoms with van der Waals surface area (Å²) in [7, 11) is 0.655. The van der Waals surface area contributed by atoms with Gasteiger partial charge in [0.25, 0.3) is 0 Å². The molecule has 5 nitrogen and oxygen atoms in total. The van der Waals surface area contributed by atoms with E-state index in [0.717, 1.165) is 25.3 Å². The Morgan fingerprint density at radius 1 is 0.765 bits per heavy atom. The smallest absolute Gasteiger partial charge is 0.394 e. The maximum atomic E-state index is 9.08. The number of halogens is 1. The molecule has 0 rings (SSSR count). The molecule has 0 aliphatic rings. The summed E-state index contributed by atoms with van der Waals surface area (Å²) in [5.74, 6) is 0.635. The van der Waals surface area contributed by atoms with E-state index in [1.807, 2.05) is 0 Å². The van der Waals surface area contributed by atoms with Gasteiger partial charge in [0.2, 0.25) is 0 Å². The molecule has 0 aromatic rings. The first-order valence-electron chi connectivity index (χ1n) is 14.0. The van der Waals surface area contributed by atoms with Gasteiger partial charge in [-0.1, -0.05) is 103 Å². The summed E-state index contributed by atoms with van der Waals surface area (Å²) in [6, 6.07) is 0.792. The minimum Gasteiger partial charge on any atom is -0.394 e. The molecule has 0 bridgehead atoms. The Morgan fingerprint density at radius 3 is 1.62 bits per heavy atom. The third-order valence-electron chi connectivity index (χ3n) is 6.66. The lowest BCUT2D eigenvalue weighted by atomic mass is 9.85. The van der Waals surface area contributed by atoms with Crippen LogP contribution in [0.5, 0.6) is 0 Å². The van der Waals surface area contributed by atoms with Crippen LogP contribution < -0.4 is 5.73 Å². The van der Waals surface area contributed by atoms with Gasteiger partial charge in [-0.3, -0.25) is 0 Å². The quantitative estimate of drug-likeness (QED) is 0.0944. The zero-order valence-electron chi connectivity index (χ0n) is 23.4. The largest absolute Gasteiger partial charge is 0.500 e. The van der Waals surface area contributed by atoms with Crippen LogP contribution >= 0.6 is 12.4 Å². The predicted octanol–water partition coefficient (Wildman–Crippen LogP) is 7.65. The number of hydrogen-bond donors (Lipinski definition) is 2. The van der Waals surface area contributed by atoms with Crippen molar-refractivity contribution in [1.29, 1.82) is 0 Å². The first kappa shape index (κ1) is 36.5.